The maximum absolute atomic E-state index is 13.1. The third-order valence-electron chi connectivity index (χ3n) is 5.61. The first-order valence-electron chi connectivity index (χ1n) is 9.84. The first kappa shape index (κ1) is 17.3. The number of hydrogen-bond acceptors (Lipinski definition) is 3. The van der Waals surface area contributed by atoms with Gasteiger partial charge in [-0.2, -0.15) is 5.10 Å². The number of amides is 1. The molecule has 0 bridgehead atoms. The Bertz CT molecular complexity index is 789. The standard InChI is InChI=1S/C21H28N4O/c1-15(2)16-7-8-20-17(13-16)5-4-11-24(20)21(26)19-9-12-25(23-19)18-6-3-10-22-14-18/h7-9,12-13,15,18,22H,3-6,10-11,14H2,1-2H3. The van der Waals surface area contributed by atoms with Gasteiger partial charge in [0, 0.05) is 25.0 Å². The lowest BCUT2D eigenvalue weighted by Gasteiger charge is -2.29. The van der Waals surface area contributed by atoms with E-state index in [9.17, 15) is 4.79 Å². The Morgan fingerprint density at radius 3 is 2.92 bits per heavy atom. The van der Waals surface area contributed by atoms with E-state index in [1.165, 1.54) is 11.1 Å². The molecule has 138 valence electrons. The van der Waals surface area contributed by atoms with E-state index in [0.29, 0.717) is 17.7 Å². The summed E-state index contributed by atoms with van der Waals surface area (Å²) in [6, 6.07) is 8.76. The number of carbonyl (C=O) groups excluding carboxylic acids is 1. The van der Waals surface area contributed by atoms with E-state index < -0.39 is 0 Å². The normalized spacial score (nSPS) is 20.3. The van der Waals surface area contributed by atoms with Crippen LogP contribution in [0.1, 0.15) is 66.7 Å². The van der Waals surface area contributed by atoms with E-state index in [1.54, 1.807) is 0 Å². The van der Waals surface area contributed by atoms with E-state index in [0.717, 1.165) is 51.0 Å². The van der Waals surface area contributed by atoms with Crippen molar-refractivity contribution in [1.29, 1.82) is 0 Å². The predicted octanol–water partition coefficient (Wildman–Crippen LogP) is 3.52. The Morgan fingerprint density at radius 2 is 2.15 bits per heavy atom. The average molecular weight is 352 g/mol. The second-order valence-corrected chi connectivity index (χ2v) is 7.78. The van der Waals surface area contributed by atoms with Crippen molar-refractivity contribution in [2.24, 2.45) is 0 Å². The summed E-state index contributed by atoms with van der Waals surface area (Å²) in [5.41, 5.74) is 4.23. The first-order valence-corrected chi connectivity index (χ1v) is 9.84. The maximum atomic E-state index is 13.1. The monoisotopic (exact) mass is 352 g/mol. The van der Waals surface area contributed by atoms with Gasteiger partial charge < -0.3 is 10.2 Å². The Morgan fingerprint density at radius 1 is 1.27 bits per heavy atom. The Balaban J connectivity index is 1.57. The van der Waals surface area contributed by atoms with E-state index in [2.05, 4.69) is 42.5 Å². The molecule has 2 aromatic rings. The van der Waals surface area contributed by atoms with Crippen molar-refractivity contribution in [2.75, 3.05) is 24.5 Å². The van der Waals surface area contributed by atoms with Crippen LogP contribution >= 0.6 is 0 Å². The number of hydrogen-bond donors (Lipinski definition) is 1. The largest absolute Gasteiger partial charge is 0.315 e. The lowest BCUT2D eigenvalue weighted by molar-refractivity contribution is 0.0979. The van der Waals surface area contributed by atoms with Crippen LogP contribution in [0, 0.1) is 0 Å². The number of rotatable bonds is 3. The summed E-state index contributed by atoms with van der Waals surface area (Å²) in [6.45, 7) is 7.19. The fourth-order valence-electron chi connectivity index (χ4n) is 4.04. The molecular weight excluding hydrogens is 324 g/mol. The highest BCUT2D eigenvalue weighted by molar-refractivity contribution is 6.05. The third kappa shape index (κ3) is 3.28. The van der Waals surface area contributed by atoms with Crippen LogP contribution in [0.25, 0.3) is 0 Å². The highest BCUT2D eigenvalue weighted by Gasteiger charge is 2.26. The second-order valence-electron chi connectivity index (χ2n) is 7.78. The summed E-state index contributed by atoms with van der Waals surface area (Å²) in [4.78, 5) is 15.0. The molecule has 1 atom stereocenters. The quantitative estimate of drug-likeness (QED) is 0.919. The van der Waals surface area contributed by atoms with Gasteiger partial charge >= 0.3 is 0 Å². The van der Waals surface area contributed by atoms with Crippen LogP contribution in [0.15, 0.2) is 30.5 Å². The smallest absolute Gasteiger partial charge is 0.278 e. The number of piperidine rings is 1. The molecule has 1 amide bonds. The molecule has 2 aliphatic rings. The van der Waals surface area contributed by atoms with E-state index in [1.807, 2.05) is 21.8 Å². The molecule has 1 aromatic heterocycles. The number of nitrogens with one attached hydrogen (secondary N) is 1. The van der Waals surface area contributed by atoms with Crippen LogP contribution in [0.5, 0.6) is 0 Å². The van der Waals surface area contributed by atoms with Crippen molar-refractivity contribution >= 4 is 11.6 Å². The number of aryl methyl sites for hydroxylation is 1. The zero-order valence-corrected chi connectivity index (χ0v) is 15.7. The average Bonchev–Trinajstić information content (AvgIpc) is 3.17. The molecule has 5 nitrogen and oxygen atoms in total. The van der Waals surface area contributed by atoms with Crippen LogP contribution in [-0.4, -0.2) is 35.3 Å². The number of aromatic nitrogens is 2. The molecule has 0 radical (unpaired) electrons. The molecule has 1 fully saturated rings. The van der Waals surface area contributed by atoms with Crippen LogP contribution in [-0.2, 0) is 6.42 Å². The Kier molecular flexibility index (Phi) is 4.81. The van der Waals surface area contributed by atoms with Crippen molar-refractivity contribution in [2.45, 2.75) is 51.5 Å². The number of fused-ring (bicyclic) bond motifs is 1. The topological polar surface area (TPSA) is 50.2 Å². The highest BCUT2D eigenvalue weighted by atomic mass is 16.2. The van der Waals surface area contributed by atoms with Gasteiger partial charge in [0.2, 0.25) is 0 Å². The van der Waals surface area contributed by atoms with Crippen LogP contribution < -0.4 is 10.2 Å². The van der Waals surface area contributed by atoms with Gasteiger partial charge in [0.05, 0.1) is 6.04 Å². The lowest BCUT2D eigenvalue weighted by atomic mass is 9.94. The van der Waals surface area contributed by atoms with E-state index in [4.69, 9.17) is 0 Å². The SMILES string of the molecule is CC(C)c1ccc2c(c1)CCCN2C(=O)c1ccn(C2CCCNC2)n1. The summed E-state index contributed by atoms with van der Waals surface area (Å²) in [6.07, 6.45) is 6.28. The summed E-state index contributed by atoms with van der Waals surface area (Å²) >= 11 is 0. The van der Waals surface area contributed by atoms with Crippen LogP contribution in [0.4, 0.5) is 5.69 Å². The summed E-state index contributed by atoms with van der Waals surface area (Å²) in [7, 11) is 0. The van der Waals surface area contributed by atoms with Gasteiger partial charge in [0.1, 0.15) is 0 Å². The van der Waals surface area contributed by atoms with Crippen molar-refractivity contribution in [3.8, 4) is 0 Å². The van der Waals surface area contributed by atoms with Gasteiger partial charge in [-0.15, -0.1) is 0 Å². The number of anilines is 1. The van der Waals surface area contributed by atoms with Gasteiger partial charge in [-0.1, -0.05) is 26.0 Å². The highest BCUT2D eigenvalue weighted by Crippen LogP contribution is 2.31. The third-order valence-corrected chi connectivity index (χ3v) is 5.61. The molecule has 1 N–H and O–H groups in total. The molecule has 0 saturated carbocycles. The number of nitrogens with zero attached hydrogens (tertiary/aromatic N) is 3. The minimum atomic E-state index is 0.0192. The number of carbonyl (C=O) groups is 1. The maximum Gasteiger partial charge on any atom is 0.278 e. The summed E-state index contributed by atoms with van der Waals surface area (Å²) < 4.78 is 1.96. The predicted molar refractivity (Wildman–Crippen MR) is 104 cm³/mol. The molecule has 1 aromatic carbocycles. The fourth-order valence-corrected chi connectivity index (χ4v) is 4.04. The van der Waals surface area contributed by atoms with E-state index in [-0.39, 0.29) is 5.91 Å². The molecule has 3 heterocycles. The van der Waals surface area contributed by atoms with Crippen molar-refractivity contribution in [3.63, 3.8) is 0 Å². The molecule has 1 unspecified atom stereocenters. The van der Waals surface area contributed by atoms with Gasteiger partial charge in [-0.05, 0) is 61.4 Å². The Hall–Kier alpha value is -2.14. The minimum absolute atomic E-state index is 0.0192. The van der Waals surface area contributed by atoms with Gasteiger partial charge in [-0.3, -0.25) is 9.48 Å². The zero-order chi connectivity index (χ0) is 18.1. The molecular formula is C21H28N4O. The van der Waals surface area contributed by atoms with Crippen molar-refractivity contribution in [3.05, 3.63) is 47.3 Å². The minimum Gasteiger partial charge on any atom is -0.315 e. The molecule has 4 rings (SSSR count). The van der Waals surface area contributed by atoms with Crippen LogP contribution in [0.3, 0.4) is 0 Å². The molecule has 1 saturated heterocycles. The van der Waals surface area contributed by atoms with Gasteiger partial charge in [-0.25, -0.2) is 0 Å². The van der Waals surface area contributed by atoms with Gasteiger partial charge in [0.15, 0.2) is 5.69 Å². The second kappa shape index (κ2) is 7.23. The zero-order valence-electron chi connectivity index (χ0n) is 15.7. The first-order chi connectivity index (χ1) is 12.6. The fraction of sp³-hybridized carbons (Fsp3) is 0.524. The van der Waals surface area contributed by atoms with Crippen molar-refractivity contribution in [1.82, 2.24) is 15.1 Å². The van der Waals surface area contributed by atoms with E-state index >= 15 is 0 Å². The Labute approximate surface area is 155 Å². The molecule has 26 heavy (non-hydrogen) atoms. The van der Waals surface area contributed by atoms with Crippen molar-refractivity contribution < 1.29 is 4.79 Å². The molecule has 0 spiro atoms. The van der Waals surface area contributed by atoms with Crippen LogP contribution in [0.2, 0.25) is 0 Å². The lowest BCUT2D eigenvalue weighted by Crippen LogP contribution is -2.36. The summed E-state index contributed by atoms with van der Waals surface area (Å²) in [5, 5.41) is 8.02. The molecule has 2 aliphatic heterocycles. The molecule has 5 heteroatoms. The number of benzene rings is 1. The summed E-state index contributed by atoms with van der Waals surface area (Å²) in [5.74, 6) is 0.525. The van der Waals surface area contributed by atoms with Gasteiger partial charge in [0.25, 0.3) is 5.91 Å². The molecule has 0 aliphatic carbocycles.